The zero-order chi connectivity index (χ0) is 20.7. The molecular weight excluding hydrogens is 411 g/mol. The second-order valence-electron chi connectivity index (χ2n) is 6.13. The number of halogens is 1. The number of aliphatic hydroxyl groups excluding tert-OH is 1. The first-order valence-electron chi connectivity index (χ1n) is 8.14. The van der Waals surface area contributed by atoms with E-state index in [1.54, 1.807) is 0 Å². The number of hydrogen-bond acceptors (Lipinski definition) is 6. The number of sulfonamides is 2. The predicted octanol–water partition coefficient (Wildman–Crippen LogP) is 0.933. The summed E-state index contributed by atoms with van der Waals surface area (Å²) in [4.78, 5) is 12.5. The Morgan fingerprint density at radius 3 is 1.86 bits per heavy atom. The number of benzene rings is 2. The molecule has 1 amide bonds. The molecule has 2 aromatic carbocycles. The van der Waals surface area contributed by atoms with E-state index in [9.17, 15) is 31.1 Å². The molecule has 2 aromatic rings. The molecule has 1 saturated heterocycles. The fourth-order valence-electron chi connectivity index (χ4n) is 2.75. The number of carbonyl (C=O) groups excluding carboxylic acids is 1. The van der Waals surface area contributed by atoms with Gasteiger partial charge in [-0.3, -0.25) is 4.79 Å². The summed E-state index contributed by atoms with van der Waals surface area (Å²) in [5.41, 5.74) is 0.393. The van der Waals surface area contributed by atoms with Crippen molar-refractivity contribution in [1.82, 2.24) is 3.71 Å². The Labute approximate surface area is 161 Å². The quantitative estimate of drug-likeness (QED) is 0.758. The number of anilines is 1. The van der Waals surface area contributed by atoms with E-state index in [0.29, 0.717) is 12.2 Å². The summed E-state index contributed by atoms with van der Waals surface area (Å²) >= 11 is 0. The largest absolute Gasteiger partial charge is 0.383 e. The van der Waals surface area contributed by atoms with Crippen molar-refractivity contribution in [3.8, 4) is 0 Å². The molecule has 3 rings (SSSR count). The molecular formula is C17H17FN2O6S2. The Morgan fingerprint density at radius 2 is 1.43 bits per heavy atom. The van der Waals surface area contributed by atoms with E-state index < -0.39 is 37.9 Å². The minimum absolute atomic E-state index is 0.215. The van der Waals surface area contributed by atoms with Crippen molar-refractivity contribution in [2.75, 3.05) is 18.5 Å². The molecule has 1 heterocycles. The van der Waals surface area contributed by atoms with Gasteiger partial charge in [-0.15, -0.1) is 0 Å². The summed E-state index contributed by atoms with van der Waals surface area (Å²) in [5, 5.41) is 9.52. The second-order valence-corrected chi connectivity index (χ2v) is 10.3. The average molecular weight is 428 g/mol. The first-order valence-corrected chi connectivity index (χ1v) is 11.0. The molecule has 1 unspecified atom stereocenters. The molecule has 0 saturated carbocycles. The van der Waals surface area contributed by atoms with E-state index in [-0.39, 0.29) is 19.9 Å². The number of amides is 1. The van der Waals surface area contributed by atoms with Crippen molar-refractivity contribution in [2.45, 2.75) is 22.3 Å². The minimum Gasteiger partial charge on any atom is -0.383 e. The molecule has 0 bridgehead atoms. The topological polar surface area (TPSA) is 112 Å². The molecule has 0 radical (unpaired) electrons. The van der Waals surface area contributed by atoms with E-state index in [0.717, 1.165) is 31.3 Å². The molecule has 8 nitrogen and oxygen atoms in total. The van der Waals surface area contributed by atoms with E-state index >= 15 is 0 Å². The normalized spacial score (nSPS) is 18.1. The Kier molecular flexibility index (Phi) is 5.28. The lowest BCUT2D eigenvalue weighted by Gasteiger charge is -2.19. The van der Waals surface area contributed by atoms with Crippen LogP contribution in [0.25, 0.3) is 0 Å². The lowest BCUT2D eigenvalue weighted by atomic mass is 10.3. The van der Waals surface area contributed by atoms with Crippen molar-refractivity contribution in [3.63, 3.8) is 0 Å². The van der Waals surface area contributed by atoms with Crippen LogP contribution in [0.15, 0.2) is 58.3 Å². The highest BCUT2D eigenvalue weighted by Crippen LogP contribution is 2.26. The van der Waals surface area contributed by atoms with Crippen LogP contribution in [-0.4, -0.2) is 51.3 Å². The standard InChI is InChI=1S/C17H17FN2O6S2/c1-19(27(23,24)14-6-2-12(18)3-7-14)28(25,26)15-8-4-13(5-9-15)20-11-10-16(21)17(20)22/h2-9,16,21H,10-11H2,1H3. The average Bonchev–Trinajstić information content (AvgIpc) is 3.00. The summed E-state index contributed by atoms with van der Waals surface area (Å²) in [6.07, 6.45) is -0.812. The maximum atomic E-state index is 13.0. The Morgan fingerprint density at radius 1 is 0.964 bits per heavy atom. The highest BCUT2D eigenvalue weighted by Gasteiger charge is 2.34. The van der Waals surface area contributed by atoms with Gasteiger partial charge in [0.1, 0.15) is 11.9 Å². The molecule has 0 aliphatic carbocycles. The third-order valence-electron chi connectivity index (χ3n) is 4.41. The van der Waals surface area contributed by atoms with Gasteiger partial charge in [-0.25, -0.2) is 21.2 Å². The number of hydrogen-bond donors (Lipinski definition) is 1. The second kappa shape index (κ2) is 7.24. The molecule has 0 aromatic heterocycles. The van der Waals surface area contributed by atoms with Gasteiger partial charge in [0.15, 0.2) is 0 Å². The van der Waals surface area contributed by atoms with Gasteiger partial charge in [0.05, 0.1) is 9.79 Å². The van der Waals surface area contributed by atoms with E-state index in [1.165, 1.54) is 29.2 Å². The Hall–Kier alpha value is -2.34. The smallest absolute Gasteiger partial charge is 0.256 e. The van der Waals surface area contributed by atoms with E-state index in [4.69, 9.17) is 0 Å². The van der Waals surface area contributed by atoms with Crippen molar-refractivity contribution in [2.24, 2.45) is 0 Å². The molecule has 150 valence electrons. The van der Waals surface area contributed by atoms with Gasteiger partial charge in [-0.05, 0) is 48.5 Å². The van der Waals surface area contributed by atoms with Gasteiger partial charge in [-0.1, -0.05) is 3.71 Å². The lowest BCUT2D eigenvalue weighted by molar-refractivity contribution is -0.123. The fraction of sp³-hybridized carbons (Fsp3) is 0.235. The van der Waals surface area contributed by atoms with Crippen LogP contribution in [0.4, 0.5) is 10.1 Å². The number of aliphatic hydroxyl groups is 1. The van der Waals surface area contributed by atoms with Crippen molar-refractivity contribution >= 4 is 31.6 Å². The number of rotatable bonds is 5. The monoisotopic (exact) mass is 428 g/mol. The number of nitrogens with zero attached hydrogens (tertiary/aromatic N) is 2. The van der Waals surface area contributed by atoms with Crippen molar-refractivity contribution < 1.29 is 31.1 Å². The van der Waals surface area contributed by atoms with Crippen LogP contribution >= 0.6 is 0 Å². The molecule has 28 heavy (non-hydrogen) atoms. The first kappa shape index (κ1) is 20.4. The van der Waals surface area contributed by atoms with Gasteiger partial charge in [0.2, 0.25) is 0 Å². The molecule has 1 atom stereocenters. The summed E-state index contributed by atoms with van der Waals surface area (Å²) in [7, 11) is -7.95. The lowest BCUT2D eigenvalue weighted by Crippen LogP contribution is -2.33. The molecule has 11 heteroatoms. The van der Waals surface area contributed by atoms with Crippen LogP contribution in [0, 0.1) is 5.82 Å². The third-order valence-corrected chi connectivity index (χ3v) is 8.68. The summed E-state index contributed by atoms with van der Waals surface area (Å²) in [5.74, 6) is -1.13. The summed E-state index contributed by atoms with van der Waals surface area (Å²) in [6.45, 7) is 0.297. The first-order chi connectivity index (χ1) is 13.0. The SMILES string of the molecule is CN(S(=O)(=O)c1ccc(F)cc1)S(=O)(=O)c1ccc(N2CCC(O)C2=O)cc1. The van der Waals surface area contributed by atoms with Gasteiger partial charge in [0, 0.05) is 25.7 Å². The highest BCUT2D eigenvalue weighted by molar-refractivity contribution is 8.04. The Bertz CT molecular complexity index is 1100. The summed E-state index contributed by atoms with van der Waals surface area (Å²) in [6, 6.07) is 8.88. The molecule has 0 spiro atoms. The molecule has 1 aliphatic heterocycles. The highest BCUT2D eigenvalue weighted by atomic mass is 32.3. The van der Waals surface area contributed by atoms with E-state index in [1.807, 2.05) is 0 Å². The van der Waals surface area contributed by atoms with Crippen molar-refractivity contribution in [1.29, 1.82) is 0 Å². The third kappa shape index (κ3) is 3.53. The van der Waals surface area contributed by atoms with Gasteiger partial charge < -0.3 is 10.0 Å². The van der Waals surface area contributed by atoms with Crippen LogP contribution in [-0.2, 0) is 24.8 Å². The van der Waals surface area contributed by atoms with Crippen LogP contribution in [0.3, 0.4) is 0 Å². The van der Waals surface area contributed by atoms with Crippen LogP contribution in [0.5, 0.6) is 0 Å². The maximum absolute atomic E-state index is 13.0. The van der Waals surface area contributed by atoms with Crippen LogP contribution in [0.1, 0.15) is 6.42 Å². The van der Waals surface area contributed by atoms with Crippen molar-refractivity contribution in [3.05, 3.63) is 54.3 Å². The van der Waals surface area contributed by atoms with Gasteiger partial charge >= 0.3 is 0 Å². The molecule has 1 aliphatic rings. The minimum atomic E-state index is -4.42. The molecule has 1 fully saturated rings. The Balaban J connectivity index is 1.90. The predicted molar refractivity (Wildman–Crippen MR) is 98.0 cm³/mol. The van der Waals surface area contributed by atoms with Gasteiger partial charge in [0.25, 0.3) is 26.0 Å². The van der Waals surface area contributed by atoms with E-state index in [2.05, 4.69) is 0 Å². The zero-order valence-corrected chi connectivity index (χ0v) is 16.3. The van der Waals surface area contributed by atoms with Crippen LogP contribution in [0.2, 0.25) is 0 Å². The zero-order valence-electron chi connectivity index (χ0n) is 14.7. The maximum Gasteiger partial charge on any atom is 0.256 e. The number of carbonyl (C=O) groups is 1. The van der Waals surface area contributed by atoms with Crippen LogP contribution < -0.4 is 4.90 Å². The fourth-order valence-corrected chi connectivity index (χ4v) is 5.86. The molecule has 1 N–H and O–H groups in total. The van der Waals surface area contributed by atoms with Gasteiger partial charge in [-0.2, -0.15) is 0 Å². The summed E-state index contributed by atoms with van der Waals surface area (Å²) < 4.78 is 63.8.